The van der Waals surface area contributed by atoms with E-state index in [0.717, 1.165) is 45.2 Å². The Labute approximate surface area is 96.4 Å². The van der Waals surface area contributed by atoms with E-state index in [1.807, 2.05) is 0 Å². The van der Waals surface area contributed by atoms with Crippen LogP contribution in [0, 0.1) is 0 Å². The van der Waals surface area contributed by atoms with Crippen molar-refractivity contribution in [1.82, 2.24) is 5.32 Å². The van der Waals surface area contributed by atoms with Crippen LogP contribution in [0.4, 0.5) is 0 Å². The first-order valence-electron chi connectivity index (χ1n) is 6.29. The predicted molar refractivity (Wildman–Crippen MR) is 67.6 cm³/mol. The molecule has 0 bridgehead atoms. The van der Waals surface area contributed by atoms with E-state index in [9.17, 15) is 0 Å². The van der Waals surface area contributed by atoms with Crippen molar-refractivity contribution in [2.24, 2.45) is 0 Å². The van der Waals surface area contributed by atoms with Gasteiger partial charge in [-0.15, -0.1) is 0 Å². The van der Waals surface area contributed by atoms with Crippen molar-refractivity contribution in [3.63, 3.8) is 0 Å². The summed E-state index contributed by atoms with van der Waals surface area (Å²) in [6.45, 7) is 10.3. The Morgan fingerprint density at radius 1 is 1.00 bits per heavy atom. The summed E-state index contributed by atoms with van der Waals surface area (Å²) in [5, 5.41) is 3.33. The van der Waals surface area contributed by atoms with Crippen LogP contribution in [0.1, 0.15) is 40.0 Å². The van der Waals surface area contributed by atoms with Gasteiger partial charge in [0, 0.05) is 13.2 Å². The van der Waals surface area contributed by atoms with E-state index in [2.05, 4.69) is 26.1 Å². The van der Waals surface area contributed by atoms with Crippen molar-refractivity contribution in [2.45, 2.75) is 46.1 Å². The molecule has 4 heteroatoms. The second kappa shape index (κ2) is 12.2. The fraction of sp³-hybridized carbons (Fsp3) is 1.00. The first kappa shape index (κ1) is 15.1. The highest BCUT2D eigenvalue weighted by molar-refractivity contribution is 6.44. The lowest BCUT2D eigenvalue weighted by Gasteiger charge is -2.16. The Hall–Kier alpha value is 0.0969. The van der Waals surface area contributed by atoms with E-state index in [0.29, 0.717) is 0 Å². The summed E-state index contributed by atoms with van der Waals surface area (Å²) in [4.78, 5) is 0. The van der Waals surface area contributed by atoms with Crippen LogP contribution in [0.25, 0.3) is 0 Å². The first-order chi connectivity index (χ1) is 7.35. The zero-order chi connectivity index (χ0) is 11.4. The van der Waals surface area contributed by atoms with Gasteiger partial charge in [-0.25, -0.2) is 0 Å². The molecule has 0 saturated carbocycles. The second-order valence-electron chi connectivity index (χ2n) is 3.67. The highest BCUT2D eigenvalue weighted by Crippen LogP contribution is 2.02. The summed E-state index contributed by atoms with van der Waals surface area (Å²) in [5.74, 6) is 0. The minimum atomic E-state index is -1.35. The van der Waals surface area contributed by atoms with Gasteiger partial charge < -0.3 is 14.2 Å². The molecule has 15 heavy (non-hydrogen) atoms. The topological polar surface area (TPSA) is 30.5 Å². The molecule has 0 aliphatic rings. The van der Waals surface area contributed by atoms with Crippen LogP contribution in [0.5, 0.6) is 0 Å². The molecular weight excluding hydrogens is 206 g/mol. The van der Waals surface area contributed by atoms with Gasteiger partial charge in [0.15, 0.2) is 0 Å². The molecule has 0 amide bonds. The molecule has 0 radical (unpaired) electrons. The number of rotatable bonds is 11. The normalized spacial score (nSPS) is 11.2. The van der Waals surface area contributed by atoms with E-state index in [-0.39, 0.29) is 0 Å². The molecule has 0 fully saturated rings. The smallest absolute Gasteiger partial charge is 0.321 e. The van der Waals surface area contributed by atoms with Crippen LogP contribution in [0.15, 0.2) is 0 Å². The molecule has 3 nitrogen and oxygen atoms in total. The molecule has 0 heterocycles. The molecule has 92 valence electrons. The summed E-state index contributed by atoms with van der Waals surface area (Å²) in [5.41, 5.74) is 0. The van der Waals surface area contributed by atoms with Crippen molar-refractivity contribution in [3.05, 3.63) is 0 Å². The zero-order valence-electron chi connectivity index (χ0n) is 10.6. The standard InChI is InChI=1S/C11H27NO2Si/c1-4-9-13-15(14-10-5-2)11-7-8-12-6-3/h12,15H,4-11H2,1-3H3. The highest BCUT2D eigenvalue weighted by Gasteiger charge is 2.11. The Balaban J connectivity index is 3.49. The number of nitrogens with one attached hydrogen (secondary N) is 1. The quantitative estimate of drug-likeness (QED) is 0.438. The minimum Gasteiger partial charge on any atom is -0.397 e. The largest absolute Gasteiger partial charge is 0.397 e. The third-order valence-corrected chi connectivity index (χ3v) is 4.15. The molecule has 0 aromatic heterocycles. The Morgan fingerprint density at radius 2 is 1.60 bits per heavy atom. The lowest BCUT2D eigenvalue weighted by atomic mass is 10.5. The molecule has 0 spiro atoms. The van der Waals surface area contributed by atoms with Gasteiger partial charge in [-0.2, -0.15) is 0 Å². The molecule has 0 aliphatic carbocycles. The van der Waals surface area contributed by atoms with E-state index < -0.39 is 9.28 Å². The molecule has 0 unspecified atom stereocenters. The van der Waals surface area contributed by atoms with Crippen molar-refractivity contribution in [3.8, 4) is 0 Å². The molecular formula is C11H27NO2Si. The maximum atomic E-state index is 5.76. The minimum absolute atomic E-state index is 0.863. The van der Waals surface area contributed by atoms with Crippen molar-refractivity contribution in [2.75, 3.05) is 26.3 Å². The van der Waals surface area contributed by atoms with Gasteiger partial charge in [-0.3, -0.25) is 0 Å². The van der Waals surface area contributed by atoms with Crippen molar-refractivity contribution in [1.29, 1.82) is 0 Å². The summed E-state index contributed by atoms with van der Waals surface area (Å²) in [6, 6.07) is 1.13. The van der Waals surface area contributed by atoms with Gasteiger partial charge in [-0.05, 0) is 38.4 Å². The van der Waals surface area contributed by atoms with Crippen molar-refractivity contribution >= 4 is 9.28 Å². The van der Waals surface area contributed by atoms with Gasteiger partial charge in [-0.1, -0.05) is 20.8 Å². The first-order valence-corrected chi connectivity index (χ1v) is 8.04. The number of hydrogen-bond donors (Lipinski definition) is 1. The zero-order valence-corrected chi connectivity index (χ0v) is 11.7. The molecule has 0 aromatic rings. The summed E-state index contributed by atoms with van der Waals surface area (Å²) in [7, 11) is -1.35. The molecule has 0 rings (SSSR count). The third-order valence-electron chi connectivity index (χ3n) is 2.06. The fourth-order valence-electron chi connectivity index (χ4n) is 1.28. The van der Waals surface area contributed by atoms with E-state index in [1.54, 1.807) is 0 Å². The average molecular weight is 233 g/mol. The van der Waals surface area contributed by atoms with Crippen LogP contribution in [-0.2, 0) is 8.85 Å². The maximum absolute atomic E-state index is 5.76. The monoisotopic (exact) mass is 233 g/mol. The van der Waals surface area contributed by atoms with Crippen LogP contribution >= 0.6 is 0 Å². The summed E-state index contributed by atoms with van der Waals surface area (Å²) < 4.78 is 11.5. The van der Waals surface area contributed by atoms with E-state index >= 15 is 0 Å². The van der Waals surface area contributed by atoms with Crippen LogP contribution in [0.2, 0.25) is 6.04 Å². The molecule has 1 N–H and O–H groups in total. The molecule has 0 aliphatic heterocycles. The Morgan fingerprint density at radius 3 is 2.07 bits per heavy atom. The summed E-state index contributed by atoms with van der Waals surface area (Å²) in [6.07, 6.45) is 3.36. The predicted octanol–water partition coefficient (Wildman–Crippen LogP) is 2.06. The van der Waals surface area contributed by atoms with Gasteiger partial charge >= 0.3 is 9.28 Å². The van der Waals surface area contributed by atoms with Gasteiger partial charge in [0.2, 0.25) is 0 Å². The maximum Gasteiger partial charge on any atom is 0.321 e. The van der Waals surface area contributed by atoms with Crippen LogP contribution in [-0.4, -0.2) is 35.6 Å². The van der Waals surface area contributed by atoms with E-state index in [1.165, 1.54) is 6.42 Å². The fourth-order valence-corrected chi connectivity index (χ4v) is 3.25. The lowest BCUT2D eigenvalue weighted by molar-refractivity contribution is 0.196. The molecule has 0 atom stereocenters. The van der Waals surface area contributed by atoms with Crippen LogP contribution in [0.3, 0.4) is 0 Å². The Bertz CT molecular complexity index is 117. The molecule has 0 aromatic carbocycles. The van der Waals surface area contributed by atoms with Gasteiger partial charge in [0.1, 0.15) is 0 Å². The van der Waals surface area contributed by atoms with Gasteiger partial charge in [0.25, 0.3) is 0 Å². The van der Waals surface area contributed by atoms with E-state index in [4.69, 9.17) is 8.85 Å². The van der Waals surface area contributed by atoms with Gasteiger partial charge in [0.05, 0.1) is 0 Å². The van der Waals surface area contributed by atoms with Crippen LogP contribution < -0.4 is 5.32 Å². The highest BCUT2D eigenvalue weighted by atomic mass is 28.3. The third kappa shape index (κ3) is 10.4. The summed E-state index contributed by atoms with van der Waals surface area (Å²) >= 11 is 0. The lowest BCUT2D eigenvalue weighted by Crippen LogP contribution is -2.25. The average Bonchev–Trinajstić information content (AvgIpc) is 2.27. The Kier molecular flexibility index (Phi) is 12.2. The second-order valence-corrected chi connectivity index (χ2v) is 5.77. The number of hydrogen-bond acceptors (Lipinski definition) is 3. The SMILES string of the molecule is CCCO[SiH](CCCNCC)OCCC. The molecule has 0 saturated heterocycles. The van der Waals surface area contributed by atoms with Crippen molar-refractivity contribution < 1.29 is 8.85 Å².